The molecule has 0 aromatic carbocycles. The number of hydrogen-bond acceptors (Lipinski definition) is 5. The third-order valence-corrected chi connectivity index (χ3v) is 3.26. The highest BCUT2D eigenvalue weighted by atomic mass is 31.2. The predicted molar refractivity (Wildman–Crippen MR) is 47.6 cm³/mol. The van der Waals surface area contributed by atoms with Crippen LogP contribution in [0.3, 0.4) is 0 Å². The van der Waals surface area contributed by atoms with Gasteiger partial charge in [-0.2, -0.15) is 0 Å². The second kappa shape index (κ2) is 6.27. The summed E-state index contributed by atoms with van der Waals surface area (Å²) in [5, 5.41) is 8.48. The molecule has 0 saturated heterocycles. The molecular weight excluding hydrogens is 195 g/mol. The molecule has 0 saturated carbocycles. The van der Waals surface area contributed by atoms with E-state index < -0.39 is 13.1 Å². The van der Waals surface area contributed by atoms with Crippen LogP contribution in [-0.2, 0) is 18.4 Å². The van der Waals surface area contributed by atoms with Crippen molar-refractivity contribution in [2.75, 3.05) is 19.8 Å². The van der Waals surface area contributed by atoms with Crippen LogP contribution < -0.4 is 0 Å². The minimum atomic E-state index is -3.63. The van der Waals surface area contributed by atoms with E-state index in [2.05, 4.69) is 0 Å². The molecule has 5 nitrogen and oxygen atoms in total. The predicted octanol–water partition coefficient (Wildman–Crippen LogP) is 1.16. The first-order valence-corrected chi connectivity index (χ1v) is 5.68. The highest BCUT2D eigenvalue weighted by Crippen LogP contribution is 2.49. The Hall–Kier alpha value is -0.220. The molecule has 0 aliphatic heterocycles. The van der Waals surface area contributed by atoms with E-state index in [0.29, 0.717) is 0 Å². The molecule has 1 N–H and O–H groups in total. The largest absolute Gasteiger partial charge is 0.396 e. The van der Waals surface area contributed by atoms with Gasteiger partial charge in [0.2, 0.25) is 5.52 Å². The van der Waals surface area contributed by atoms with Gasteiger partial charge in [0.05, 0.1) is 19.8 Å². The van der Waals surface area contributed by atoms with Crippen LogP contribution in [0, 0.1) is 0 Å². The van der Waals surface area contributed by atoms with Crippen molar-refractivity contribution in [3.05, 3.63) is 0 Å². The zero-order chi connectivity index (χ0) is 10.3. The van der Waals surface area contributed by atoms with Gasteiger partial charge in [0.25, 0.3) is 0 Å². The zero-order valence-electron chi connectivity index (χ0n) is 7.86. The molecule has 0 radical (unpaired) electrons. The molecule has 0 heterocycles. The monoisotopic (exact) mass is 210 g/mol. The molecule has 0 aliphatic rings. The van der Waals surface area contributed by atoms with Crippen LogP contribution in [0.1, 0.15) is 20.3 Å². The maximum atomic E-state index is 11.6. The van der Waals surface area contributed by atoms with Crippen LogP contribution in [-0.4, -0.2) is 30.5 Å². The summed E-state index contributed by atoms with van der Waals surface area (Å²) in [4.78, 5) is 11.2. The Kier molecular flexibility index (Phi) is 6.16. The maximum Gasteiger partial charge on any atom is 0.396 e. The molecule has 78 valence electrons. The Morgan fingerprint density at radius 2 is 1.77 bits per heavy atom. The molecule has 0 fully saturated rings. The van der Waals surface area contributed by atoms with Gasteiger partial charge in [-0.3, -0.25) is 9.36 Å². The quantitative estimate of drug-likeness (QED) is 0.638. The molecule has 0 unspecified atom stereocenters. The van der Waals surface area contributed by atoms with E-state index in [0.717, 1.165) is 0 Å². The molecule has 0 amide bonds. The number of carbonyl (C=O) groups is 1. The van der Waals surface area contributed by atoms with Crippen molar-refractivity contribution in [1.29, 1.82) is 0 Å². The highest BCUT2D eigenvalue weighted by Gasteiger charge is 2.32. The smallest absolute Gasteiger partial charge is 0.396 e. The first-order valence-electron chi connectivity index (χ1n) is 4.14. The van der Waals surface area contributed by atoms with Crippen LogP contribution in [0.4, 0.5) is 0 Å². The van der Waals surface area contributed by atoms with Crippen LogP contribution in [0.25, 0.3) is 0 Å². The van der Waals surface area contributed by atoms with E-state index in [1.54, 1.807) is 13.8 Å². The van der Waals surface area contributed by atoms with Gasteiger partial charge in [-0.15, -0.1) is 0 Å². The van der Waals surface area contributed by atoms with Crippen molar-refractivity contribution >= 4 is 13.1 Å². The van der Waals surface area contributed by atoms with Crippen LogP contribution in [0.2, 0.25) is 0 Å². The molecular formula is C7H15O5P. The molecule has 0 aromatic rings. The summed E-state index contributed by atoms with van der Waals surface area (Å²) in [6.07, 6.45) is -0.197. The maximum absolute atomic E-state index is 11.6. The normalized spacial score (nSPS) is 11.6. The number of rotatable bonds is 7. The topological polar surface area (TPSA) is 72.8 Å². The lowest BCUT2D eigenvalue weighted by atomic mass is 10.5. The fourth-order valence-corrected chi connectivity index (χ4v) is 2.17. The van der Waals surface area contributed by atoms with Gasteiger partial charge in [-0.1, -0.05) is 0 Å². The zero-order valence-corrected chi connectivity index (χ0v) is 8.75. The lowest BCUT2D eigenvalue weighted by Gasteiger charge is -2.14. The Balaban J connectivity index is 4.38. The summed E-state index contributed by atoms with van der Waals surface area (Å²) < 4.78 is 21.1. The first-order chi connectivity index (χ1) is 6.10. The SMILES string of the molecule is CCOP(=O)(OCC)C(=O)CCO. The van der Waals surface area contributed by atoms with Crippen molar-refractivity contribution in [3.8, 4) is 0 Å². The van der Waals surface area contributed by atoms with Gasteiger partial charge in [-0.25, -0.2) is 0 Å². The number of hydrogen-bond donors (Lipinski definition) is 1. The Morgan fingerprint density at radius 1 is 1.31 bits per heavy atom. The van der Waals surface area contributed by atoms with Crippen molar-refractivity contribution in [3.63, 3.8) is 0 Å². The summed E-state index contributed by atoms with van der Waals surface area (Å²) in [7, 11) is -3.63. The molecule has 0 atom stereocenters. The van der Waals surface area contributed by atoms with E-state index in [9.17, 15) is 9.36 Å². The summed E-state index contributed by atoms with van der Waals surface area (Å²) in [6.45, 7) is 3.20. The molecule has 0 rings (SSSR count). The molecule has 6 heteroatoms. The van der Waals surface area contributed by atoms with Gasteiger partial charge in [0, 0.05) is 6.42 Å². The Morgan fingerprint density at radius 3 is 2.08 bits per heavy atom. The standard InChI is InChI=1S/C7H15O5P/c1-3-11-13(10,12-4-2)7(9)5-6-8/h8H,3-6H2,1-2H3. The second-order valence-electron chi connectivity index (χ2n) is 2.20. The van der Waals surface area contributed by atoms with Gasteiger partial charge in [0.15, 0.2) is 0 Å². The second-order valence-corrected chi connectivity index (χ2v) is 4.21. The molecule has 0 bridgehead atoms. The number of aliphatic hydroxyl groups is 1. The van der Waals surface area contributed by atoms with Gasteiger partial charge in [-0.05, 0) is 13.8 Å². The fourth-order valence-electron chi connectivity index (χ4n) is 0.754. The van der Waals surface area contributed by atoms with Crippen molar-refractivity contribution < 1.29 is 23.5 Å². The van der Waals surface area contributed by atoms with Gasteiger partial charge >= 0.3 is 7.60 Å². The molecule has 13 heavy (non-hydrogen) atoms. The van der Waals surface area contributed by atoms with Crippen molar-refractivity contribution in [2.45, 2.75) is 20.3 Å². The molecule has 0 aromatic heterocycles. The van der Waals surface area contributed by atoms with Crippen molar-refractivity contribution in [1.82, 2.24) is 0 Å². The van der Waals surface area contributed by atoms with Crippen molar-refractivity contribution in [2.24, 2.45) is 0 Å². The van der Waals surface area contributed by atoms with Crippen LogP contribution in [0.15, 0.2) is 0 Å². The lowest BCUT2D eigenvalue weighted by molar-refractivity contribution is -0.114. The van der Waals surface area contributed by atoms with Gasteiger partial charge in [0.1, 0.15) is 0 Å². The third-order valence-electron chi connectivity index (χ3n) is 1.23. The molecule has 0 aliphatic carbocycles. The van der Waals surface area contributed by atoms with Gasteiger partial charge < -0.3 is 14.2 Å². The number of aliphatic hydroxyl groups excluding tert-OH is 1. The van der Waals surface area contributed by atoms with Crippen LogP contribution in [0.5, 0.6) is 0 Å². The third kappa shape index (κ3) is 4.00. The average molecular weight is 210 g/mol. The Labute approximate surface area is 77.6 Å². The van der Waals surface area contributed by atoms with Crippen LogP contribution >= 0.6 is 7.60 Å². The minimum Gasteiger partial charge on any atom is -0.396 e. The summed E-state index contributed by atoms with van der Waals surface area (Å²) >= 11 is 0. The molecule has 0 spiro atoms. The lowest BCUT2D eigenvalue weighted by Crippen LogP contribution is -2.08. The van der Waals surface area contributed by atoms with E-state index >= 15 is 0 Å². The fraction of sp³-hybridized carbons (Fsp3) is 0.857. The first kappa shape index (κ1) is 12.8. The van der Waals surface area contributed by atoms with E-state index in [1.165, 1.54) is 0 Å². The van der Waals surface area contributed by atoms with E-state index in [-0.39, 0.29) is 26.2 Å². The minimum absolute atomic E-state index is 0.147. The summed E-state index contributed by atoms with van der Waals surface area (Å²) in [5.41, 5.74) is -0.668. The summed E-state index contributed by atoms with van der Waals surface area (Å²) in [5.74, 6) is 0. The summed E-state index contributed by atoms with van der Waals surface area (Å²) in [6, 6.07) is 0. The highest BCUT2D eigenvalue weighted by molar-refractivity contribution is 7.71. The van der Waals surface area contributed by atoms with E-state index in [4.69, 9.17) is 14.2 Å². The Bertz CT molecular complexity index is 193. The van der Waals surface area contributed by atoms with E-state index in [1.807, 2.05) is 0 Å². The number of carbonyl (C=O) groups excluding carboxylic acids is 1. The average Bonchev–Trinajstić information content (AvgIpc) is 2.05.